The smallest absolute Gasteiger partial charge is 0.323 e. The fourth-order valence-corrected chi connectivity index (χ4v) is 2.45. The van der Waals surface area contributed by atoms with Crippen LogP contribution in [0.2, 0.25) is 0 Å². The van der Waals surface area contributed by atoms with Gasteiger partial charge in [-0.2, -0.15) is 0 Å². The molecule has 1 fully saturated rings. The maximum Gasteiger partial charge on any atom is 0.323 e. The number of carbonyl (C=O) groups excluding carboxylic acids is 1. The summed E-state index contributed by atoms with van der Waals surface area (Å²) >= 11 is 0. The Morgan fingerprint density at radius 3 is 2.90 bits per heavy atom. The lowest BCUT2D eigenvalue weighted by Crippen LogP contribution is -2.44. The average Bonchev–Trinajstić information content (AvgIpc) is 2.94. The van der Waals surface area contributed by atoms with E-state index in [1.807, 2.05) is 0 Å². The van der Waals surface area contributed by atoms with Gasteiger partial charge in [0.1, 0.15) is 17.5 Å². The number of ether oxygens (including phenoxy) is 1. The summed E-state index contributed by atoms with van der Waals surface area (Å²) in [5, 5.41) is 0. The Hall–Kier alpha value is -2.57. The molecule has 1 atom stereocenters. The van der Waals surface area contributed by atoms with Gasteiger partial charge in [-0.3, -0.25) is 9.78 Å². The summed E-state index contributed by atoms with van der Waals surface area (Å²) in [7, 11) is 0. The summed E-state index contributed by atoms with van der Waals surface area (Å²) in [4.78, 5) is 33.9. The molecule has 0 bridgehead atoms. The molecule has 1 saturated heterocycles. The third-order valence-electron chi connectivity index (χ3n) is 3.44. The number of piperidine rings is 1. The average molecular weight is 288 g/mol. The second kappa shape index (κ2) is 5.82. The molecule has 0 aromatic carbocycles. The second-order valence-corrected chi connectivity index (χ2v) is 4.97. The first-order valence-electron chi connectivity index (χ1n) is 6.86. The van der Waals surface area contributed by atoms with E-state index in [9.17, 15) is 9.59 Å². The van der Waals surface area contributed by atoms with Crippen molar-refractivity contribution in [3.8, 4) is 5.75 Å². The van der Waals surface area contributed by atoms with E-state index in [0.717, 1.165) is 18.6 Å². The predicted octanol–water partition coefficient (Wildman–Crippen LogP) is 0.782. The van der Waals surface area contributed by atoms with Crippen molar-refractivity contribution >= 4 is 5.91 Å². The molecular weight excluding hydrogens is 272 g/mol. The topological polar surface area (TPSA) is 91.1 Å². The lowest BCUT2D eigenvalue weighted by atomic mass is 10.1. The predicted molar refractivity (Wildman–Crippen MR) is 75.2 cm³/mol. The van der Waals surface area contributed by atoms with Gasteiger partial charge in [-0.05, 0) is 25.0 Å². The number of nitrogens with zero attached hydrogens (tertiary/aromatic N) is 2. The van der Waals surface area contributed by atoms with E-state index < -0.39 is 0 Å². The van der Waals surface area contributed by atoms with Crippen molar-refractivity contribution < 1.29 is 9.53 Å². The number of carbonyl (C=O) groups is 1. The van der Waals surface area contributed by atoms with E-state index in [2.05, 4.69) is 15.0 Å². The molecule has 7 heteroatoms. The van der Waals surface area contributed by atoms with Crippen molar-refractivity contribution in [1.82, 2.24) is 19.9 Å². The molecule has 21 heavy (non-hydrogen) atoms. The van der Waals surface area contributed by atoms with E-state index in [1.54, 1.807) is 29.4 Å². The van der Waals surface area contributed by atoms with Gasteiger partial charge in [0, 0.05) is 25.1 Å². The maximum absolute atomic E-state index is 12.3. The van der Waals surface area contributed by atoms with Crippen LogP contribution in [0.25, 0.3) is 0 Å². The van der Waals surface area contributed by atoms with Crippen LogP contribution >= 0.6 is 0 Å². The minimum atomic E-state index is -0.375. The highest BCUT2D eigenvalue weighted by Gasteiger charge is 2.26. The molecule has 2 aromatic heterocycles. The summed E-state index contributed by atoms with van der Waals surface area (Å²) < 4.78 is 5.86. The van der Waals surface area contributed by atoms with Crippen molar-refractivity contribution in [3.63, 3.8) is 0 Å². The van der Waals surface area contributed by atoms with Crippen molar-refractivity contribution in [1.29, 1.82) is 0 Å². The van der Waals surface area contributed by atoms with Crippen LogP contribution in [0.1, 0.15) is 23.3 Å². The van der Waals surface area contributed by atoms with E-state index >= 15 is 0 Å². The van der Waals surface area contributed by atoms with Gasteiger partial charge in [-0.25, -0.2) is 4.79 Å². The number of likely N-dealkylation sites (tertiary alicyclic amines) is 1. The standard InChI is InChI=1S/C14H16N4O3/c19-13(12-8-16-14(20)17-12)18-7-1-2-11(9-18)21-10-3-5-15-6-4-10/h3-6,8,11H,1-2,7,9H2,(H2,16,17,20). The fraction of sp³-hybridized carbons (Fsp3) is 0.357. The monoisotopic (exact) mass is 288 g/mol. The van der Waals surface area contributed by atoms with Gasteiger partial charge in [0.2, 0.25) is 0 Å². The summed E-state index contributed by atoms with van der Waals surface area (Å²) in [6, 6.07) is 3.59. The van der Waals surface area contributed by atoms with Gasteiger partial charge >= 0.3 is 5.69 Å². The maximum atomic E-state index is 12.3. The number of aromatic amines is 2. The van der Waals surface area contributed by atoms with Crippen LogP contribution in [-0.2, 0) is 0 Å². The first-order chi connectivity index (χ1) is 10.2. The van der Waals surface area contributed by atoms with Crippen molar-refractivity contribution in [2.24, 2.45) is 0 Å². The molecule has 0 radical (unpaired) electrons. The van der Waals surface area contributed by atoms with Gasteiger partial charge in [-0.15, -0.1) is 0 Å². The van der Waals surface area contributed by atoms with E-state index in [0.29, 0.717) is 13.1 Å². The highest BCUT2D eigenvalue weighted by molar-refractivity contribution is 5.92. The minimum absolute atomic E-state index is 0.0456. The number of pyridine rings is 1. The zero-order valence-corrected chi connectivity index (χ0v) is 11.4. The molecule has 0 aliphatic carbocycles. The lowest BCUT2D eigenvalue weighted by molar-refractivity contribution is 0.0533. The Morgan fingerprint density at radius 1 is 1.38 bits per heavy atom. The normalized spacial score (nSPS) is 18.5. The Bertz CT molecular complexity index is 664. The molecule has 3 heterocycles. The Balaban J connectivity index is 1.65. The van der Waals surface area contributed by atoms with Gasteiger partial charge in [0.05, 0.1) is 6.54 Å². The molecule has 2 aromatic rings. The molecule has 7 nitrogen and oxygen atoms in total. The Kier molecular flexibility index (Phi) is 3.72. The Labute approximate surface area is 121 Å². The number of hydrogen-bond donors (Lipinski definition) is 2. The quantitative estimate of drug-likeness (QED) is 0.873. The third kappa shape index (κ3) is 3.13. The SMILES string of the molecule is O=C(c1c[nH]c(=O)[nH]1)N1CCCC(Oc2ccncc2)C1. The zero-order valence-electron chi connectivity index (χ0n) is 11.4. The fourth-order valence-electron chi connectivity index (χ4n) is 2.45. The molecule has 0 spiro atoms. The molecule has 0 saturated carbocycles. The van der Waals surface area contributed by atoms with Crippen LogP contribution < -0.4 is 10.4 Å². The summed E-state index contributed by atoms with van der Waals surface area (Å²) in [6.45, 7) is 1.18. The van der Waals surface area contributed by atoms with Gasteiger partial charge in [0.15, 0.2) is 0 Å². The van der Waals surface area contributed by atoms with Crippen LogP contribution in [0.4, 0.5) is 0 Å². The molecule has 1 unspecified atom stereocenters. The van der Waals surface area contributed by atoms with Crippen LogP contribution in [0.5, 0.6) is 5.75 Å². The molecule has 3 rings (SSSR count). The van der Waals surface area contributed by atoms with Crippen molar-refractivity contribution in [2.75, 3.05) is 13.1 Å². The third-order valence-corrected chi connectivity index (χ3v) is 3.44. The van der Waals surface area contributed by atoms with E-state index in [4.69, 9.17) is 4.74 Å². The number of nitrogens with one attached hydrogen (secondary N) is 2. The molecule has 1 aliphatic rings. The van der Waals surface area contributed by atoms with Crippen LogP contribution in [-0.4, -0.2) is 45.0 Å². The Morgan fingerprint density at radius 2 is 2.19 bits per heavy atom. The highest BCUT2D eigenvalue weighted by Crippen LogP contribution is 2.18. The molecule has 2 N–H and O–H groups in total. The minimum Gasteiger partial charge on any atom is -0.488 e. The van der Waals surface area contributed by atoms with Gasteiger partial charge in [-0.1, -0.05) is 0 Å². The van der Waals surface area contributed by atoms with Crippen molar-refractivity contribution in [2.45, 2.75) is 18.9 Å². The second-order valence-electron chi connectivity index (χ2n) is 4.97. The number of hydrogen-bond acceptors (Lipinski definition) is 4. The molecule has 1 amide bonds. The number of H-pyrrole nitrogens is 2. The van der Waals surface area contributed by atoms with Gasteiger partial charge in [0.25, 0.3) is 5.91 Å². The van der Waals surface area contributed by atoms with E-state index in [1.165, 1.54) is 6.20 Å². The largest absolute Gasteiger partial charge is 0.488 e. The van der Waals surface area contributed by atoms with Crippen LogP contribution in [0.15, 0.2) is 35.5 Å². The molecule has 1 aliphatic heterocycles. The summed E-state index contributed by atoms with van der Waals surface area (Å²) in [6.07, 6.45) is 6.47. The van der Waals surface area contributed by atoms with E-state index in [-0.39, 0.29) is 23.4 Å². The lowest BCUT2D eigenvalue weighted by Gasteiger charge is -2.32. The zero-order chi connectivity index (χ0) is 14.7. The first kappa shape index (κ1) is 13.4. The number of rotatable bonds is 3. The molecular formula is C14H16N4O3. The highest BCUT2D eigenvalue weighted by atomic mass is 16.5. The number of amides is 1. The first-order valence-corrected chi connectivity index (χ1v) is 6.86. The van der Waals surface area contributed by atoms with Gasteiger partial charge < -0.3 is 19.6 Å². The summed E-state index contributed by atoms with van der Waals surface area (Å²) in [5.74, 6) is 0.565. The van der Waals surface area contributed by atoms with Crippen LogP contribution in [0.3, 0.4) is 0 Å². The van der Waals surface area contributed by atoms with Crippen LogP contribution in [0, 0.1) is 0 Å². The molecule has 110 valence electrons. The summed E-state index contributed by atoms with van der Waals surface area (Å²) in [5.41, 5.74) is -0.0930. The number of aromatic nitrogens is 3. The van der Waals surface area contributed by atoms with Crippen molar-refractivity contribution in [3.05, 3.63) is 46.9 Å². The number of imidazole rings is 1.